The third kappa shape index (κ3) is 2.29. The molecule has 90 valence electrons. The van der Waals surface area contributed by atoms with E-state index in [1.54, 1.807) is 28.9 Å². The molecule has 0 aliphatic rings. The molecule has 0 saturated heterocycles. The standard InChI is InChI=1S/C12H15N3O2/c1-2-3-12-11(8-16)13-14-15(12)9-4-6-10(17)7-5-9/h4-7,16-17H,2-3,8H2,1H3. The molecule has 5 heteroatoms. The zero-order chi connectivity index (χ0) is 12.3. The molecule has 0 fully saturated rings. The van der Waals surface area contributed by atoms with Crippen molar-refractivity contribution in [2.75, 3.05) is 0 Å². The van der Waals surface area contributed by atoms with Crippen LogP contribution in [0, 0.1) is 0 Å². The van der Waals surface area contributed by atoms with E-state index in [0.717, 1.165) is 24.2 Å². The van der Waals surface area contributed by atoms with Crippen LogP contribution < -0.4 is 0 Å². The SMILES string of the molecule is CCCc1c(CO)nnn1-c1ccc(O)cc1. The van der Waals surface area contributed by atoms with E-state index in [2.05, 4.69) is 17.2 Å². The molecule has 1 aromatic heterocycles. The average molecular weight is 233 g/mol. The van der Waals surface area contributed by atoms with Crippen molar-refractivity contribution in [3.8, 4) is 11.4 Å². The van der Waals surface area contributed by atoms with Crippen molar-refractivity contribution in [3.63, 3.8) is 0 Å². The van der Waals surface area contributed by atoms with Crippen molar-refractivity contribution in [2.45, 2.75) is 26.4 Å². The molecule has 2 rings (SSSR count). The van der Waals surface area contributed by atoms with Gasteiger partial charge in [0.1, 0.15) is 11.4 Å². The van der Waals surface area contributed by atoms with Gasteiger partial charge in [-0.2, -0.15) is 0 Å². The highest BCUT2D eigenvalue weighted by molar-refractivity contribution is 5.37. The van der Waals surface area contributed by atoms with Gasteiger partial charge in [-0.1, -0.05) is 18.6 Å². The van der Waals surface area contributed by atoms with Gasteiger partial charge in [0.15, 0.2) is 0 Å². The number of aliphatic hydroxyl groups excluding tert-OH is 1. The number of hydrogen-bond acceptors (Lipinski definition) is 4. The lowest BCUT2D eigenvalue weighted by Gasteiger charge is -2.06. The van der Waals surface area contributed by atoms with Crippen LogP contribution >= 0.6 is 0 Å². The third-order valence-electron chi connectivity index (χ3n) is 2.57. The van der Waals surface area contributed by atoms with E-state index in [4.69, 9.17) is 0 Å². The minimum atomic E-state index is -0.104. The fraction of sp³-hybridized carbons (Fsp3) is 0.333. The minimum absolute atomic E-state index is 0.104. The Balaban J connectivity index is 2.43. The van der Waals surface area contributed by atoms with E-state index in [0.29, 0.717) is 5.69 Å². The highest BCUT2D eigenvalue weighted by atomic mass is 16.3. The second-order valence-electron chi connectivity index (χ2n) is 3.82. The molecule has 0 unspecified atom stereocenters. The fourth-order valence-corrected chi connectivity index (χ4v) is 1.74. The lowest BCUT2D eigenvalue weighted by Crippen LogP contribution is -2.03. The molecular formula is C12H15N3O2. The van der Waals surface area contributed by atoms with E-state index >= 15 is 0 Å². The van der Waals surface area contributed by atoms with Crippen molar-refractivity contribution in [3.05, 3.63) is 35.7 Å². The summed E-state index contributed by atoms with van der Waals surface area (Å²) >= 11 is 0. The molecule has 0 aliphatic carbocycles. The number of rotatable bonds is 4. The summed E-state index contributed by atoms with van der Waals surface area (Å²) < 4.78 is 1.70. The smallest absolute Gasteiger partial charge is 0.115 e. The van der Waals surface area contributed by atoms with Gasteiger partial charge in [0.2, 0.25) is 0 Å². The zero-order valence-corrected chi connectivity index (χ0v) is 9.67. The molecule has 1 aromatic carbocycles. The first-order valence-corrected chi connectivity index (χ1v) is 5.60. The van der Waals surface area contributed by atoms with Crippen LogP contribution in [-0.2, 0) is 13.0 Å². The number of phenolic OH excluding ortho intramolecular Hbond substituents is 1. The molecule has 0 aliphatic heterocycles. The quantitative estimate of drug-likeness (QED) is 0.837. The molecule has 0 saturated carbocycles. The average Bonchev–Trinajstić information content (AvgIpc) is 2.74. The molecule has 1 heterocycles. The van der Waals surface area contributed by atoms with Crippen LogP contribution in [0.4, 0.5) is 0 Å². The van der Waals surface area contributed by atoms with Gasteiger partial charge in [-0.15, -0.1) is 5.10 Å². The van der Waals surface area contributed by atoms with Gasteiger partial charge in [-0.05, 0) is 30.7 Å². The van der Waals surface area contributed by atoms with Gasteiger partial charge in [-0.3, -0.25) is 0 Å². The van der Waals surface area contributed by atoms with Crippen LogP contribution in [0.25, 0.3) is 5.69 Å². The van der Waals surface area contributed by atoms with Crippen molar-refractivity contribution in [2.24, 2.45) is 0 Å². The maximum Gasteiger partial charge on any atom is 0.115 e. The van der Waals surface area contributed by atoms with E-state index in [1.165, 1.54) is 0 Å². The molecule has 2 N–H and O–H groups in total. The van der Waals surface area contributed by atoms with Crippen LogP contribution in [0.5, 0.6) is 5.75 Å². The normalized spacial score (nSPS) is 10.7. The Kier molecular flexibility index (Phi) is 3.39. The van der Waals surface area contributed by atoms with E-state index in [1.807, 2.05) is 0 Å². The fourth-order valence-electron chi connectivity index (χ4n) is 1.74. The lowest BCUT2D eigenvalue weighted by molar-refractivity contribution is 0.275. The molecule has 0 radical (unpaired) electrons. The summed E-state index contributed by atoms with van der Waals surface area (Å²) in [5, 5.41) is 26.4. The Morgan fingerprint density at radius 2 is 1.94 bits per heavy atom. The summed E-state index contributed by atoms with van der Waals surface area (Å²) in [6.45, 7) is 1.96. The zero-order valence-electron chi connectivity index (χ0n) is 9.67. The van der Waals surface area contributed by atoms with E-state index in [9.17, 15) is 10.2 Å². The third-order valence-corrected chi connectivity index (χ3v) is 2.57. The largest absolute Gasteiger partial charge is 0.508 e. The molecule has 2 aromatic rings. The maximum atomic E-state index is 9.24. The molecular weight excluding hydrogens is 218 g/mol. The van der Waals surface area contributed by atoms with Crippen LogP contribution in [0.2, 0.25) is 0 Å². The Morgan fingerprint density at radius 3 is 2.53 bits per heavy atom. The molecule has 17 heavy (non-hydrogen) atoms. The van der Waals surface area contributed by atoms with Gasteiger partial charge >= 0.3 is 0 Å². The summed E-state index contributed by atoms with van der Waals surface area (Å²) in [6, 6.07) is 6.74. The van der Waals surface area contributed by atoms with Crippen molar-refractivity contribution in [1.82, 2.24) is 15.0 Å². The molecule has 0 amide bonds. The number of hydrogen-bond donors (Lipinski definition) is 2. The summed E-state index contributed by atoms with van der Waals surface area (Å²) in [4.78, 5) is 0. The van der Waals surface area contributed by atoms with Gasteiger partial charge < -0.3 is 10.2 Å². The number of benzene rings is 1. The van der Waals surface area contributed by atoms with Crippen LogP contribution in [0.15, 0.2) is 24.3 Å². The van der Waals surface area contributed by atoms with Crippen LogP contribution in [0.1, 0.15) is 24.7 Å². The second kappa shape index (κ2) is 4.97. The van der Waals surface area contributed by atoms with Crippen LogP contribution in [-0.4, -0.2) is 25.2 Å². The number of aromatic nitrogens is 3. The van der Waals surface area contributed by atoms with E-state index < -0.39 is 0 Å². The predicted molar refractivity (Wildman–Crippen MR) is 62.9 cm³/mol. The molecule has 5 nitrogen and oxygen atoms in total. The predicted octanol–water partition coefficient (Wildman–Crippen LogP) is 1.42. The number of nitrogens with zero attached hydrogens (tertiary/aromatic N) is 3. The number of aliphatic hydroxyl groups is 1. The topological polar surface area (TPSA) is 71.2 Å². The maximum absolute atomic E-state index is 9.24. The minimum Gasteiger partial charge on any atom is -0.508 e. The van der Waals surface area contributed by atoms with Crippen molar-refractivity contribution < 1.29 is 10.2 Å². The summed E-state index contributed by atoms with van der Waals surface area (Å²) in [5.41, 5.74) is 2.36. The monoisotopic (exact) mass is 233 g/mol. The van der Waals surface area contributed by atoms with Crippen molar-refractivity contribution in [1.29, 1.82) is 0 Å². The Labute approximate surface area is 99.3 Å². The first-order chi connectivity index (χ1) is 8.26. The van der Waals surface area contributed by atoms with Crippen LogP contribution in [0.3, 0.4) is 0 Å². The second-order valence-corrected chi connectivity index (χ2v) is 3.82. The first kappa shape index (κ1) is 11.6. The lowest BCUT2D eigenvalue weighted by atomic mass is 10.2. The highest BCUT2D eigenvalue weighted by Gasteiger charge is 2.12. The van der Waals surface area contributed by atoms with Gasteiger partial charge in [0, 0.05) is 0 Å². The number of aromatic hydroxyl groups is 1. The number of phenols is 1. The summed E-state index contributed by atoms with van der Waals surface area (Å²) in [7, 11) is 0. The van der Waals surface area contributed by atoms with Gasteiger partial charge in [-0.25, -0.2) is 4.68 Å². The first-order valence-electron chi connectivity index (χ1n) is 5.60. The van der Waals surface area contributed by atoms with Gasteiger partial charge in [0.25, 0.3) is 0 Å². The summed E-state index contributed by atoms with van der Waals surface area (Å²) in [5.74, 6) is 0.216. The summed E-state index contributed by atoms with van der Waals surface area (Å²) in [6.07, 6.45) is 1.77. The van der Waals surface area contributed by atoms with Gasteiger partial charge in [0.05, 0.1) is 18.0 Å². The van der Waals surface area contributed by atoms with Crippen molar-refractivity contribution >= 4 is 0 Å². The highest BCUT2D eigenvalue weighted by Crippen LogP contribution is 2.17. The Bertz CT molecular complexity index is 491. The Morgan fingerprint density at radius 1 is 1.24 bits per heavy atom. The molecule has 0 bridgehead atoms. The molecule has 0 spiro atoms. The molecule has 0 atom stereocenters. The Hall–Kier alpha value is -1.88. The van der Waals surface area contributed by atoms with E-state index in [-0.39, 0.29) is 12.4 Å².